The van der Waals surface area contributed by atoms with Gasteiger partial charge in [0.25, 0.3) is 0 Å². The van der Waals surface area contributed by atoms with E-state index in [0.29, 0.717) is 5.39 Å². The molecule has 0 aliphatic carbocycles. The van der Waals surface area contributed by atoms with Gasteiger partial charge in [-0.2, -0.15) is 18.4 Å². The summed E-state index contributed by atoms with van der Waals surface area (Å²) in [5.41, 5.74) is 4.26. The molecule has 8 heteroatoms. The van der Waals surface area contributed by atoms with Crippen LogP contribution in [0, 0.1) is 11.3 Å². The van der Waals surface area contributed by atoms with Crippen LogP contribution in [0.1, 0.15) is 22.6 Å². The van der Waals surface area contributed by atoms with E-state index in [4.69, 9.17) is 14.9 Å². The average molecular weight is 384 g/mol. The fourth-order valence-corrected chi connectivity index (χ4v) is 3.29. The van der Waals surface area contributed by atoms with Crippen molar-refractivity contribution in [2.75, 3.05) is 0 Å². The lowest BCUT2D eigenvalue weighted by Crippen LogP contribution is -2.26. The zero-order valence-corrected chi connectivity index (χ0v) is 14.1. The fourth-order valence-electron chi connectivity index (χ4n) is 3.29. The molecule has 1 aliphatic rings. The number of nitrogens with zero attached hydrogens (tertiary/aromatic N) is 1. The number of rotatable bonds is 1. The smallest absolute Gasteiger partial charge is 0.416 e. The lowest BCUT2D eigenvalue weighted by Gasteiger charge is -2.26. The van der Waals surface area contributed by atoms with Crippen molar-refractivity contribution in [2.45, 2.75) is 12.1 Å². The maximum absolute atomic E-state index is 13.2. The molecule has 3 aromatic rings. The van der Waals surface area contributed by atoms with Crippen molar-refractivity contribution >= 4 is 11.0 Å². The molecule has 5 nitrogen and oxygen atoms in total. The molecule has 4 rings (SSSR count). The number of nitriles is 1. The molecule has 2 N–H and O–H groups in total. The molecule has 0 saturated heterocycles. The third-order valence-corrected chi connectivity index (χ3v) is 4.52. The van der Waals surface area contributed by atoms with Crippen LogP contribution in [0.2, 0.25) is 0 Å². The van der Waals surface area contributed by atoms with Gasteiger partial charge in [-0.15, -0.1) is 0 Å². The van der Waals surface area contributed by atoms with E-state index < -0.39 is 23.3 Å². The Bertz CT molecular complexity index is 1240. The second-order valence-corrected chi connectivity index (χ2v) is 6.18. The first-order valence-electron chi connectivity index (χ1n) is 8.11. The van der Waals surface area contributed by atoms with Gasteiger partial charge in [-0.3, -0.25) is 0 Å². The molecule has 1 aliphatic heterocycles. The summed E-state index contributed by atoms with van der Waals surface area (Å²) in [6.07, 6.45) is -4.58. The van der Waals surface area contributed by atoms with E-state index in [9.17, 15) is 23.2 Å². The lowest BCUT2D eigenvalue weighted by molar-refractivity contribution is -0.137. The predicted molar refractivity (Wildman–Crippen MR) is 93.2 cm³/mol. The van der Waals surface area contributed by atoms with Gasteiger partial charge in [0.2, 0.25) is 5.88 Å². The van der Waals surface area contributed by atoms with Gasteiger partial charge >= 0.3 is 11.8 Å². The summed E-state index contributed by atoms with van der Waals surface area (Å²) >= 11 is 0. The molecule has 2 aromatic carbocycles. The third kappa shape index (κ3) is 2.68. The van der Waals surface area contributed by atoms with Crippen molar-refractivity contribution in [3.63, 3.8) is 0 Å². The van der Waals surface area contributed by atoms with Gasteiger partial charge < -0.3 is 14.9 Å². The molecule has 2 heterocycles. The molecule has 1 atom stereocenters. The molecule has 0 radical (unpaired) electrons. The summed E-state index contributed by atoms with van der Waals surface area (Å²) in [5, 5.41) is 9.95. The SMILES string of the molecule is N#CC1=C(N)Oc2c(c(=O)oc3ccccc23)C1c1cccc(C(F)(F)F)c1. The molecule has 140 valence electrons. The normalized spacial score (nSPS) is 16.4. The number of hydrogen-bond acceptors (Lipinski definition) is 5. The van der Waals surface area contributed by atoms with Crippen LogP contribution in [0.25, 0.3) is 11.0 Å². The summed E-state index contributed by atoms with van der Waals surface area (Å²) in [7, 11) is 0. The number of ether oxygens (including phenoxy) is 1. The highest BCUT2D eigenvalue weighted by molar-refractivity contribution is 5.86. The van der Waals surface area contributed by atoms with Crippen molar-refractivity contribution < 1.29 is 22.3 Å². The van der Waals surface area contributed by atoms with E-state index in [1.807, 2.05) is 6.07 Å². The number of para-hydroxylation sites is 1. The zero-order chi connectivity index (χ0) is 20.1. The maximum Gasteiger partial charge on any atom is 0.416 e. The number of hydrogen-bond donors (Lipinski definition) is 1. The molecule has 0 fully saturated rings. The van der Waals surface area contributed by atoms with E-state index >= 15 is 0 Å². The van der Waals surface area contributed by atoms with E-state index in [1.165, 1.54) is 12.1 Å². The lowest BCUT2D eigenvalue weighted by atomic mass is 9.83. The third-order valence-electron chi connectivity index (χ3n) is 4.52. The summed E-state index contributed by atoms with van der Waals surface area (Å²) in [6, 6.07) is 12.8. The zero-order valence-electron chi connectivity index (χ0n) is 14.1. The Hall–Kier alpha value is -3.73. The first-order chi connectivity index (χ1) is 13.3. The standard InChI is InChI=1S/C20H11F3N2O3/c21-20(22,23)11-5-3-4-10(8-11)15-13(9-24)18(25)28-17-12-6-1-2-7-14(12)27-19(26)16(15)17/h1-8,15H,25H2. The first kappa shape index (κ1) is 17.7. The molecular weight excluding hydrogens is 373 g/mol. The van der Waals surface area contributed by atoms with E-state index in [0.717, 1.165) is 12.1 Å². The van der Waals surface area contributed by atoms with Gasteiger partial charge in [-0.1, -0.05) is 30.3 Å². The van der Waals surface area contributed by atoms with Crippen LogP contribution in [0.3, 0.4) is 0 Å². The van der Waals surface area contributed by atoms with Gasteiger partial charge in [-0.05, 0) is 23.8 Å². The van der Waals surface area contributed by atoms with Crippen LogP contribution in [0.5, 0.6) is 5.75 Å². The Morgan fingerprint density at radius 2 is 1.86 bits per heavy atom. The Morgan fingerprint density at radius 1 is 1.11 bits per heavy atom. The number of alkyl halides is 3. The largest absolute Gasteiger partial charge is 0.439 e. The number of nitrogens with two attached hydrogens (primary N) is 1. The Labute approximate surface area is 156 Å². The number of fused-ring (bicyclic) bond motifs is 3. The predicted octanol–water partition coefficient (Wildman–Crippen LogP) is 4.03. The van der Waals surface area contributed by atoms with E-state index in [-0.39, 0.29) is 33.9 Å². The Balaban J connectivity index is 2.05. The molecule has 0 spiro atoms. The average Bonchev–Trinajstić information content (AvgIpc) is 2.66. The summed E-state index contributed by atoms with van der Waals surface area (Å²) in [6.45, 7) is 0. The van der Waals surface area contributed by atoms with Crippen LogP contribution < -0.4 is 16.1 Å². The van der Waals surface area contributed by atoms with E-state index in [2.05, 4.69) is 0 Å². The summed E-state index contributed by atoms with van der Waals surface area (Å²) in [5.74, 6) is -1.34. The molecule has 0 amide bonds. The van der Waals surface area contributed by atoms with Gasteiger partial charge in [0.1, 0.15) is 17.2 Å². The highest BCUT2D eigenvalue weighted by Gasteiger charge is 2.37. The van der Waals surface area contributed by atoms with Crippen molar-refractivity contribution in [1.82, 2.24) is 0 Å². The first-order valence-corrected chi connectivity index (χ1v) is 8.11. The highest BCUT2D eigenvalue weighted by Crippen LogP contribution is 2.44. The minimum atomic E-state index is -4.58. The van der Waals surface area contributed by atoms with Crippen LogP contribution in [-0.2, 0) is 6.18 Å². The number of benzene rings is 2. The molecule has 0 bridgehead atoms. The summed E-state index contributed by atoms with van der Waals surface area (Å²) in [4.78, 5) is 12.7. The van der Waals surface area contributed by atoms with Crippen molar-refractivity contribution in [3.05, 3.63) is 87.1 Å². The second kappa shape index (κ2) is 6.16. The minimum Gasteiger partial charge on any atom is -0.439 e. The van der Waals surface area contributed by atoms with E-state index in [1.54, 1.807) is 24.3 Å². The van der Waals surface area contributed by atoms with Gasteiger partial charge in [0, 0.05) is 0 Å². The topological polar surface area (TPSA) is 89.3 Å². The van der Waals surface area contributed by atoms with Crippen LogP contribution in [-0.4, -0.2) is 0 Å². The quantitative estimate of drug-likeness (QED) is 0.640. The highest BCUT2D eigenvalue weighted by atomic mass is 19.4. The Kier molecular flexibility index (Phi) is 3.89. The maximum atomic E-state index is 13.2. The molecular formula is C20H11F3N2O3. The van der Waals surface area contributed by atoms with Crippen LogP contribution >= 0.6 is 0 Å². The number of halogens is 3. The van der Waals surface area contributed by atoms with Crippen molar-refractivity contribution in [1.29, 1.82) is 5.26 Å². The number of allylic oxidation sites excluding steroid dienone is 1. The van der Waals surface area contributed by atoms with Crippen molar-refractivity contribution in [2.24, 2.45) is 5.73 Å². The van der Waals surface area contributed by atoms with Crippen LogP contribution in [0.4, 0.5) is 13.2 Å². The second-order valence-electron chi connectivity index (χ2n) is 6.18. The van der Waals surface area contributed by atoms with Gasteiger partial charge in [0.05, 0.1) is 22.4 Å². The van der Waals surface area contributed by atoms with Gasteiger partial charge in [-0.25, -0.2) is 4.79 Å². The monoisotopic (exact) mass is 384 g/mol. The van der Waals surface area contributed by atoms with Crippen molar-refractivity contribution in [3.8, 4) is 11.8 Å². The Morgan fingerprint density at radius 3 is 2.57 bits per heavy atom. The molecule has 0 saturated carbocycles. The summed E-state index contributed by atoms with van der Waals surface area (Å²) < 4.78 is 50.3. The van der Waals surface area contributed by atoms with Gasteiger partial charge in [0.15, 0.2) is 5.75 Å². The molecule has 1 unspecified atom stereocenters. The molecule has 1 aromatic heterocycles. The fraction of sp³-hybridized carbons (Fsp3) is 0.100. The van der Waals surface area contributed by atoms with Crippen LogP contribution in [0.15, 0.2) is 69.2 Å². The minimum absolute atomic E-state index is 0.0659. The molecule has 28 heavy (non-hydrogen) atoms.